The largest absolute Gasteiger partial charge is 0.347 e. The van der Waals surface area contributed by atoms with Gasteiger partial charge < -0.3 is 5.32 Å². The molecule has 9 heteroatoms. The van der Waals surface area contributed by atoms with Crippen molar-refractivity contribution in [3.8, 4) is 0 Å². The average Bonchev–Trinajstić information content (AvgIpc) is 2.68. The second-order valence-corrected chi connectivity index (χ2v) is 3.94. The molecule has 2 aromatic rings. The predicted molar refractivity (Wildman–Crippen MR) is 57.4 cm³/mol. The lowest BCUT2D eigenvalue weighted by Gasteiger charge is -2.14. The van der Waals surface area contributed by atoms with Gasteiger partial charge in [0.05, 0.1) is 11.6 Å². The number of nitrogens with zero attached hydrogens (tertiary/aromatic N) is 3. The molecule has 2 heterocycles. The minimum atomic E-state index is -4.13. The molecule has 0 aliphatic heterocycles. The third kappa shape index (κ3) is 2.63. The van der Waals surface area contributed by atoms with Crippen LogP contribution in [0.2, 0.25) is 5.02 Å². The summed E-state index contributed by atoms with van der Waals surface area (Å²) in [5.74, 6) is -4.30. The summed E-state index contributed by atoms with van der Waals surface area (Å²) in [6, 6.07) is 3.06. The van der Waals surface area contributed by atoms with Crippen LogP contribution in [-0.2, 0) is 0 Å². The molecule has 0 saturated carbocycles. The Balaban J connectivity index is 2.13. The molecule has 0 amide bonds. The van der Waals surface area contributed by atoms with Crippen molar-refractivity contribution in [3.05, 3.63) is 23.4 Å². The summed E-state index contributed by atoms with van der Waals surface area (Å²) in [4.78, 5) is 3.82. The molecule has 0 bridgehead atoms. The first kappa shape index (κ1) is 12.9. The van der Waals surface area contributed by atoms with Crippen molar-refractivity contribution < 1.29 is 17.6 Å². The second kappa shape index (κ2) is 4.60. The number of nitrogens with one attached hydrogen (secondary N) is 1. The number of hydrogen-bond acceptors (Lipinski definition) is 3. The summed E-state index contributed by atoms with van der Waals surface area (Å²) in [7, 11) is 0. The Bertz CT molecular complexity index is 556. The van der Waals surface area contributed by atoms with Crippen LogP contribution in [0.25, 0.3) is 5.65 Å². The van der Waals surface area contributed by atoms with E-state index in [-0.39, 0.29) is 5.95 Å². The van der Waals surface area contributed by atoms with Crippen LogP contribution < -0.4 is 5.32 Å². The molecule has 0 aliphatic rings. The molecular formula is C9H7ClF4N4. The molecule has 0 saturated heterocycles. The van der Waals surface area contributed by atoms with Gasteiger partial charge in [-0.15, -0.1) is 5.10 Å². The molecule has 2 rings (SSSR count). The Labute approximate surface area is 104 Å². The number of aromatic nitrogens is 3. The van der Waals surface area contributed by atoms with Gasteiger partial charge in [-0.3, -0.25) is 0 Å². The highest BCUT2D eigenvalue weighted by atomic mass is 35.5. The van der Waals surface area contributed by atoms with Crippen LogP contribution in [0.1, 0.15) is 0 Å². The van der Waals surface area contributed by atoms with E-state index in [1.54, 1.807) is 6.07 Å². The zero-order chi connectivity index (χ0) is 13.3. The van der Waals surface area contributed by atoms with Crippen molar-refractivity contribution in [2.75, 3.05) is 11.9 Å². The summed E-state index contributed by atoms with van der Waals surface area (Å²) in [5, 5.41) is 6.21. The highest BCUT2D eigenvalue weighted by Crippen LogP contribution is 2.22. The molecule has 4 nitrogen and oxygen atoms in total. The van der Waals surface area contributed by atoms with E-state index in [0.717, 1.165) is 0 Å². The van der Waals surface area contributed by atoms with Gasteiger partial charge in [0, 0.05) is 6.20 Å². The maximum Gasteiger partial charge on any atom is 0.324 e. The summed E-state index contributed by atoms with van der Waals surface area (Å²) in [6.07, 6.45) is -2.32. The molecule has 2 aromatic heterocycles. The minimum absolute atomic E-state index is 0.169. The van der Waals surface area contributed by atoms with Crippen LogP contribution in [0.3, 0.4) is 0 Å². The Kier molecular flexibility index (Phi) is 3.29. The standard InChI is InChI=1S/C9H7ClF4N4/c10-5-1-2-6-16-8(17-18(6)3-5)15-4-9(13,14)7(11)12/h1-3,7H,4H2,(H,15,17). The smallest absolute Gasteiger partial charge is 0.324 e. The number of hydrogen-bond donors (Lipinski definition) is 1. The Morgan fingerprint density at radius 3 is 2.78 bits per heavy atom. The molecule has 0 aliphatic carbocycles. The van der Waals surface area contributed by atoms with Crippen LogP contribution in [0, 0.1) is 0 Å². The molecule has 0 unspecified atom stereocenters. The first-order valence-electron chi connectivity index (χ1n) is 4.80. The minimum Gasteiger partial charge on any atom is -0.347 e. The van der Waals surface area contributed by atoms with Crippen LogP contribution in [-0.4, -0.2) is 33.5 Å². The third-order valence-electron chi connectivity index (χ3n) is 2.10. The molecule has 0 spiro atoms. The summed E-state index contributed by atoms with van der Waals surface area (Å²) < 4.78 is 50.4. The molecular weight excluding hydrogens is 276 g/mol. The van der Waals surface area contributed by atoms with Crippen LogP contribution in [0.4, 0.5) is 23.5 Å². The highest BCUT2D eigenvalue weighted by Gasteiger charge is 2.40. The number of fused-ring (bicyclic) bond motifs is 1. The zero-order valence-electron chi connectivity index (χ0n) is 8.75. The van der Waals surface area contributed by atoms with Gasteiger partial charge in [0.25, 0.3) is 0 Å². The van der Waals surface area contributed by atoms with Crippen molar-refractivity contribution in [3.63, 3.8) is 0 Å². The maximum absolute atomic E-state index is 12.7. The van der Waals surface area contributed by atoms with Crippen LogP contribution in [0.15, 0.2) is 18.3 Å². The summed E-state index contributed by atoms with van der Waals surface area (Å²) in [6.45, 7) is -1.24. The molecule has 0 aromatic carbocycles. The van der Waals surface area contributed by atoms with E-state index in [9.17, 15) is 17.6 Å². The second-order valence-electron chi connectivity index (χ2n) is 3.50. The molecule has 1 N–H and O–H groups in total. The Morgan fingerprint density at radius 1 is 1.39 bits per heavy atom. The van der Waals surface area contributed by atoms with E-state index in [0.29, 0.717) is 10.7 Å². The quantitative estimate of drug-likeness (QED) is 0.877. The van der Waals surface area contributed by atoms with Gasteiger partial charge >= 0.3 is 12.3 Å². The van der Waals surface area contributed by atoms with E-state index < -0.39 is 18.9 Å². The SMILES string of the molecule is FC(F)C(F)(F)CNc1nc2ccc(Cl)cn2n1. The highest BCUT2D eigenvalue weighted by molar-refractivity contribution is 6.30. The van der Waals surface area contributed by atoms with Gasteiger partial charge in [-0.1, -0.05) is 11.6 Å². The van der Waals surface area contributed by atoms with Crippen molar-refractivity contribution in [2.45, 2.75) is 12.3 Å². The summed E-state index contributed by atoms with van der Waals surface area (Å²) in [5.41, 5.74) is 0.363. The van der Waals surface area contributed by atoms with Crippen molar-refractivity contribution in [2.24, 2.45) is 0 Å². The maximum atomic E-state index is 12.7. The van der Waals surface area contributed by atoms with Crippen LogP contribution >= 0.6 is 11.6 Å². The Morgan fingerprint density at radius 2 is 2.11 bits per heavy atom. The normalized spacial score (nSPS) is 12.3. The average molecular weight is 283 g/mol. The van der Waals surface area contributed by atoms with E-state index in [4.69, 9.17) is 11.6 Å². The molecule has 98 valence electrons. The van der Waals surface area contributed by atoms with E-state index in [2.05, 4.69) is 15.4 Å². The predicted octanol–water partition coefficient (Wildman–Crippen LogP) is 2.70. The van der Waals surface area contributed by atoms with E-state index >= 15 is 0 Å². The fourth-order valence-electron chi connectivity index (χ4n) is 1.21. The summed E-state index contributed by atoms with van der Waals surface area (Å²) >= 11 is 5.69. The molecule has 0 atom stereocenters. The molecule has 0 fully saturated rings. The number of halogens is 5. The first-order valence-corrected chi connectivity index (χ1v) is 5.18. The number of rotatable bonds is 4. The van der Waals surface area contributed by atoms with Crippen molar-refractivity contribution in [1.29, 1.82) is 0 Å². The zero-order valence-corrected chi connectivity index (χ0v) is 9.50. The van der Waals surface area contributed by atoms with Crippen LogP contribution in [0.5, 0.6) is 0 Å². The van der Waals surface area contributed by atoms with Gasteiger partial charge in [0.1, 0.15) is 0 Å². The lowest BCUT2D eigenvalue weighted by atomic mass is 10.3. The van der Waals surface area contributed by atoms with Gasteiger partial charge in [-0.05, 0) is 12.1 Å². The number of alkyl halides is 4. The Hall–Kier alpha value is -1.57. The van der Waals surface area contributed by atoms with Gasteiger partial charge in [0.2, 0.25) is 5.95 Å². The van der Waals surface area contributed by atoms with Gasteiger partial charge in [0.15, 0.2) is 5.65 Å². The third-order valence-corrected chi connectivity index (χ3v) is 2.32. The van der Waals surface area contributed by atoms with Gasteiger partial charge in [-0.25, -0.2) is 13.3 Å². The lowest BCUT2D eigenvalue weighted by molar-refractivity contribution is -0.117. The lowest BCUT2D eigenvalue weighted by Crippen LogP contribution is -2.35. The topological polar surface area (TPSA) is 42.2 Å². The molecule has 0 radical (unpaired) electrons. The van der Waals surface area contributed by atoms with Gasteiger partial charge in [-0.2, -0.15) is 13.8 Å². The van der Waals surface area contributed by atoms with E-state index in [1.165, 1.54) is 16.8 Å². The first-order chi connectivity index (χ1) is 8.38. The fraction of sp³-hybridized carbons (Fsp3) is 0.333. The van der Waals surface area contributed by atoms with E-state index in [1.807, 2.05) is 0 Å². The van der Waals surface area contributed by atoms with Crippen molar-refractivity contribution in [1.82, 2.24) is 14.6 Å². The monoisotopic (exact) mass is 282 g/mol. The van der Waals surface area contributed by atoms with Crippen molar-refractivity contribution >= 4 is 23.2 Å². The fourth-order valence-corrected chi connectivity index (χ4v) is 1.36. The molecule has 18 heavy (non-hydrogen) atoms. The number of pyridine rings is 1. The number of anilines is 1.